The molecule has 0 N–H and O–H groups in total. The number of likely N-dealkylation sites (N-methyl/N-ethyl adjacent to an activating group) is 1. The number of carbonyl (C=O) groups excluding carboxylic acids is 1. The molecule has 0 spiro atoms. The molecule has 1 aliphatic heterocycles. The summed E-state index contributed by atoms with van der Waals surface area (Å²) in [4.78, 5) is 18.8. The first kappa shape index (κ1) is 22.1. The minimum absolute atomic E-state index is 0.0762. The van der Waals surface area contributed by atoms with Crippen LogP contribution in [-0.2, 0) is 17.9 Å². The van der Waals surface area contributed by atoms with Crippen LogP contribution in [0.15, 0.2) is 42.5 Å². The fourth-order valence-electron chi connectivity index (χ4n) is 3.63. The van der Waals surface area contributed by atoms with Crippen LogP contribution in [0.3, 0.4) is 0 Å². The van der Waals surface area contributed by atoms with Gasteiger partial charge in [0.2, 0.25) is 5.91 Å². The quantitative estimate of drug-likeness (QED) is 0.663. The zero-order valence-electron chi connectivity index (χ0n) is 17.9. The third-order valence-electron chi connectivity index (χ3n) is 5.47. The molecule has 0 aromatic heterocycles. The molecule has 1 amide bonds. The summed E-state index contributed by atoms with van der Waals surface area (Å²) in [6, 6.07) is 12.6. The Labute approximate surface area is 177 Å². The van der Waals surface area contributed by atoms with Crippen molar-refractivity contribution in [2.45, 2.75) is 13.1 Å². The van der Waals surface area contributed by atoms with Crippen LogP contribution >= 0.6 is 0 Å². The second kappa shape index (κ2) is 10.4. The first-order valence-electron chi connectivity index (χ1n) is 10.1. The van der Waals surface area contributed by atoms with Gasteiger partial charge in [-0.05, 0) is 23.8 Å². The van der Waals surface area contributed by atoms with Crippen LogP contribution in [0, 0.1) is 5.82 Å². The van der Waals surface area contributed by atoms with Crippen molar-refractivity contribution in [3.05, 3.63) is 59.4 Å². The number of rotatable bonds is 8. The Balaban J connectivity index is 1.46. The summed E-state index contributed by atoms with van der Waals surface area (Å²) in [5, 5.41) is 0. The summed E-state index contributed by atoms with van der Waals surface area (Å²) in [7, 11) is 5.01. The fourth-order valence-corrected chi connectivity index (χ4v) is 3.63. The summed E-state index contributed by atoms with van der Waals surface area (Å²) in [5.41, 5.74) is 1.70. The molecule has 3 rings (SSSR count). The van der Waals surface area contributed by atoms with E-state index in [2.05, 4.69) is 9.80 Å². The SMILES string of the molecule is COc1ccc(CN(C)C(=O)CN2CCN(Cc3ccccc3F)CC2)cc1OC. The van der Waals surface area contributed by atoms with Gasteiger partial charge < -0.3 is 14.4 Å². The average molecular weight is 416 g/mol. The van der Waals surface area contributed by atoms with E-state index in [0.717, 1.165) is 37.3 Å². The number of hydrogen-bond donors (Lipinski definition) is 0. The highest BCUT2D eigenvalue weighted by Crippen LogP contribution is 2.28. The zero-order valence-corrected chi connectivity index (χ0v) is 17.9. The molecule has 1 saturated heterocycles. The highest BCUT2D eigenvalue weighted by molar-refractivity contribution is 5.78. The lowest BCUT2D eigenvalue weighted by Gasteiger charge is -2.35. The number of methoxy groups -OCH3 is 2. The second-order valence-electron chi connectivity index (χ2n) is 7.58. The average Bonchev–Trinajstić information content (AvgIpc) is 2.76. The molecule has 2 aromatic carbocycles. The first-order chi connectivity index (χ1) is 14.5. The molecule has 2 aromatic rings. The van der Waals surface area contributed by atoms with Crippen LogP contribution in [0.25, 0.3) is 0 Å². The number of ether oxygens (including phenoxy) is 2. The normalized spacial score (nSPS) is 15.1. The van der Waals surface area contributed by atoms with Gasteiger partial charge in [0.15, 0.2) is 11.5 Å². The second-order valence-corrected chi connectivity index (χ2v) is 7.58. The molecule has 0 bridgehead atoms. The van der Waals surface area contributed by atoms with Crippen molar-refractivity contribution in [1.82, 2.24) is 14.7 Å². The molecule has 0 saturated carbocycles. The zero-order chi connectivity index (χ0) is 21.5. The van der Waals surface area contributed by atoms with E-state index < -0.39 is 0 Å². The number of halogens is 1. The van der Waals surface area contributed by atoms with Crippen molar-refractivity contribution < 1.29 is 18.7 Å². The van der Waals surface area contributed by atoms with Crippen LogP contribution in [0.2, 0.25) is 0 Å². The number of benzene rings is 2. The standard InChI is InChI=1S/C23H30FN3O3/c1-25(15-18-8-9-21(29-2)22(14-18)30-3)23(28)17-27-12-10-26(11-13-27)16-19-6-4-5-7-20(19)24/h4-9,14H,10-13,15-17H2,1-3H3. The van der Waals surface area contributed by atoms with E-state index >= 15 is 0 Å². The third-order valence-corrected chi connectivity index (χ3v) is 5.47. The van der Waals surface area contributed by atoms with Gasteiger partial charge in [-0.3, -0.25) is 14.6 Å². The van der Waals surface area contributed by atoms with Gasteiger partial charge in [0.05, 0.1) is 20.8 Å². The van der Waals surface area contributed by atoms with Gasteiger partial charge in [-0.15, -0.1) is 0 Å². The Bertz CT molecular complexity index is 853. The van der Waals surface area contributed by atoms with Gasteiger partial charge in [-0.25, -0.2) is 4.39 Å². The van der Waals surface area contributed by atoms with Crippen molar-refractivity contribution in [3.8, 4) is 11.5 Å². The van der Waals surface area contributed by atoms with Crippen molar-refractivity contribution in [3.63, 3.8) is 0 Å². The maximum Gasteiger partial charge on any atom is 0.236 e. The predicted molar refractivity (Wildman–Crippen MR) is 114 cm³/mol. The lowest BCUT2D eigenvalue weighted by Crippen LogP contribution is -2.49. The minimum atomic E-state index is -0.160. The van der Waals surface area contributed by atoms with E-state index in [1.807, 2.05) is 37.4 Å². The Morgan fingerprint density at radius 1 is 1.00 bits per heavy atom. The summed E-state index contributed by atoms with van der Waals surface area (Å²) in [6.07, 6.45) is 0. The highest BCUT2D eigenvalue weighted by Gasteiger charge is 2.21. The van der Waals surface area contributed by atoms with Crippen LogP contribution in [0.5, 0.6) is 11.5 Å². The number of hydrogen-bond acceptors (Lipinski definition) is 5. The fraction of sp³-hybridized carbons (Fsp3) is 0.435. The molecule has 6 nitrogen and oxygen atoms in total. The molecule has 0 unspecified atom stereocenters. The van der Waals surface area contributed by atoms with Gasteiger partial charge in [-0.2, -0.15) is 0 Å². The number of piperazine rings is 1. The maximum atomic E-state index is 13.8. The smallest absolute Gasteiger partial charge is 0.236 e. The van der Waals surface area contributed by atoms with E-state index in [1.165, 1.54) is 6.07 Å². The lowest BCUT2D eigenvalue weighted by molar-refractivity contribution is -0.132. The van der Waals surface area contributed by atoms with Crippen molar-refractivity contribution in [1.29, 1.82) is 0 Å². The van der Waals surface area contributed by atoms with E-state index in [9.17, 15) is 9.18 Å². The van der Waals surface area contributed by atoms with Crippen molar-refractivity contribution in [2.75, 3.05) is 54.0 Å². The van der Waals surface area contributed by atoms with E-state index in [1.54, 1.807) is 25.2 Å². The number of nitrogens with zero attached hydrogens (tertiary/aromatic N) is 3. The van der Waals surface area contributed by atoms with E-state index in [4.69, 9.17) is 9.47 Å². The molecule has 0 aliphatic carbocycles. The largest absolute Gasteiger partial charge is 0.493 e. The molecule has 0 atom stereocenters. The molecule has 162 valence electrons. The van der Waals surface area contributed by atoms with Gasteiger partial charge in [0.25, 0.3) is 0 Å². The first-order valence-corrected chi connectivity index (χ1v) is 10.1. The molecule has 1 heterocycles. The Hall–Kier alpha value is -2.64. The molecule has 7 heteroatoms. The Morgan fingerprint density at radius 2 is 1.67 bits per heavy atom. The number of carbonyl (C=O) groups is 1. The van der Waals surface area contributed by atoms with Gasteiger partial charge in [0.1, 0.15) is 5.82 Å². The Kier molecular flexibility index (Phi) is 7.65. The molecule has 30 heavy (non-hydrogen) atoms. The number of amides is 1. The monoisotopic (exact) mass is 415 g/mol. The third kappa shape index (κ3) is 5.70. The lowest BCUT2D eigenvalue weighted by atomic mass is 10.2. The molecule has 0 radical (unpaired) electrons. The summed E-state index contributed by atoms with van der Waals surface area (Å²) < 4.78 is 24.4. The van der Waals surface area contributed by atoms with Crippen molar-refractivity contribution in [2.24, 2.45) is 0 Å². The highest BCUT2D eigenvalue weighted by atomic mass is 19.1. The molecule has 1 aliphatic rings. The summed E-state index contributed by atoms with van der Waals surface area (Å²) in [6.45, 7) is 4.73. The maximum absolute atomic E-state index is 13.8. The van der Waals surface area contributed by atoms with Crippen LogP contribution in [0.1, 0.15) is 11.1 Å². The summed E-state index contributed by atoms with van der Waals surface area (Å²) >= 11 is 0. The topological polar surface area (TPSA) is 45.2 Å². The van der Waals surface area contributed by atoms with E-state index in [-0.39, 0.29) is 11.7 Å². The van der Waals surface area contributed by atoms with Gasteiger partial charge >= 0.3 is 0 Å². The molecule has 1 fully saturated rings. The van der Waals surface area contributed by atoms with Gasteiger partial charge in [0, 0.05) is 51.9 Å². The van der Waals surface area contributed by atoms with Crippen LogP contribution in [0.4, 0.5) is 4.39 Å². The summed E-state index contributed by atoms with van der Waals surface area (Å²) in [5.74, 6) is 1.24. The Morgan fingerprint density at radius 3 is 2.33 bits per heavy atom. The van der Waals surface area contributed by atoms with Crippen LogP contribution in [-0.4, -0.2) is 74.6 Å². The van der Waals surface area contributed by atoms with E-state index in [0.29, 0.717) is 31.1 Å². The minimum Gasteiger partial charge on any atom is -0.493 e. The van der Waals surface area contributed by atoms with Gasteiger partial charge in [-0.1, -0.05) is 24.3 Å². The van der Waals surface area contributed by atoms with Crippen LogP contribution < -0.4 is 9.47 Å². The molecular weight excluding hydrogens is 385 g/mol. The predicted octanol–water partition coefficient (Wildman–Crippen LogP) is 2.62. The molecular formula is C23H30FN3O3. The van der Waals surface area contributed by atoms with Crippen molar-refractivity contribution >= 4 is 5.91 Å².